The third-order valence-electron chi connectivity index (χ3n) is 2.40. The van der Waals surface area contributed by atoms with Gasteiger partial charge in [0.05, 0.1) is 6.20 Å². The van der Waals surface area contributed by atoms with E-state index in [4.69, 9.17) is 4.74 Å². The summed E-state index contributed by atoms with van der Waals surface area (Å²) in [5, 5.41) is 0. The average molecular weight is 201 g/mol. The zero-order valence-electron chi connectivity index (χ0n) is 9.10. The van der Waals surface area contributed by atoms with E-state index >= 15 is 0 Å². The van der Waals surface area contributed by atoms with E-state index in [1.54, 1.807) is 12.4 Å². The Morgan fingerprint density at radius 3 is 2.87 bits per heavy atom. The van der Waals surface area contributed by atoms with Gasteiger partial charge in [0.2, 0.25) is 0 Å². The summed E-state index contributed by atoms with van der Waals surface area (Å²) >= 11 is 0. The molecule has 15 heavy (non-hydrogen) atoms. The third-order valence-corrected chi connectivity index (χ3v) is 2.40. The molecule has 1 aliphatic carbocycles. The van der Waals surface area contributed by atoms with Crippen LogP contribution < -0.4 is 4.74 Å². The van der Waals surface area contributed by atoms with E-state index in [9.17, 15) is 0 Å². The van der Waals surface area contributed by atoms with Gasteiger partial charge in [0.25, 0.3) is 0 Å². The van der Waals surface area contributed by atoms with Gasteiger partial charge in [-0.1, -0.05) is 19.9 Å². The SMILES string of the molecule is CC1(C)C=CC(Oc2cccnc2)=CC1. The lowest BCUT2D eigenvalue weighted by Gasteiger charge is -2.22. The lowest BCUT2D eigenvalue weighted by atomic mass is 9.86. The maximum Gasteiger partial charge on any atom is 0.145 e. The fourth-order valence-electron chi connectivity index (χ4n) is 1.43. The van der Waals surface area contributed by atoms with E-state index < -0.39 is 0 Å². The van der Waals surface area contributed by atoms with Crippen LogP contribution in [0.4, 0.5) is 0 Å². The molecule has 0 aromatic carbocycles. The van der Waals surface area contributed by atoms with Crippen LogP contribution in [0.25, 0.3) is 0 Å². The first kappa shape index (κ1) is 9.97. The molecule has 1 heterocycles. The van der Waals surface area contributed by atoms with Crippen molar-refractivity contribution in [1.82, 2.24) is 4.98 Å². The molecular formula is C13H15NO. The van der Waals surface area contributed by atoms with E-state index in [0.29, 0.717) is 0 Å². The molecule has 0 radical (unpaired) electrons. The molecule has 0 aliphatic heterocycles. The second kappa shape index (κ2) is 3.89. The minimum Gasteiger partial charge on any atom is -0.456 e. The summed E-state index contributed by atoms with van der Waals surface area (Å²) in [6, 6.07) is 3.77. The number of allylic oxidation sites excluding steroid dienone is 3. The second-order valence-corrected chi connectivity index (χ2v) is 4.42. The molecule has 0 amide bonds. The quantitative estimate of drug-likeness (QED) is 0.732. The molecule has 0 bridgehead atoms. The van der Waals surface area contributed by atoms with Crippen LogP contribution in [0, 0.1) is 5.41 Å². The van der Waals surface area contributed by atoms with Crippen molar-refractivity contribution in [3.63, 3.8) is 0 Å². The predicted molar refractivity (Wildman–Crippen MR) is 60.5 cm³/mol. The topological polar surface area (TPSA) is 22.1 Å². The Kier molecular flexibility index (Phi) is 2.58. The molecule has 2 heteroatoms. The van der Waals surface area contributed by atoms with Gasteiger partial charge in [-0.2, -0.15) is 0 Å². The van der Waals surface area contributed by atoms with Gasteiger partial charge in [0.15, 0.2) is 0 Å². The minimum atomic E-state index is 0.252. The molecule has 1 aromatic heterocycles. The van der Waals surface area contributed by atoms with Crippen LogP contribution in [0.15, 0.2) is 48.5 Å². The first-order valence-corrected chi connectivity index (χ1v) is 5.13. The van der Waals surface area contributed by atoms with Crippen molar-refractivity contribution in [3.8, 4) is 5.75 Å². The fraction of sp³-hybridized carbons (Fsp3) is 0.308. The number of aromatic nitrogens is 1. The van der Waals surface area contributed by atoms with Gasteiger partial charge in [0.1, 0.15) is 11.5 Å². The average Bonchev–Trinajstić information content (AvgIpc) is 2.23. The highest BCUT2D eigenvalue weighted by Gasteiger charge is 2.16. The third kappa shape index (κ3) is 2.69. The standard InChI is InChI=1S/C13H15NO/c1-13(2)7-5-11(6-8-13)15-12-4-3-9-14-10-12/h3-7,9-10H,8H2,1-2H3. The van der Waals surface area contributed by atoms with Gasteiger partial charge in [-0.05, 0) is 36.1 Å². The zero-order valence-corrected chi connectivity index (χ0v) is 9.10. The van der Waals surface area contributed by atoms with Crippen LogP contribution in [-0.2, 0) is 0 Å². The summed E-state index contributed by atoms with van der Waals surface area (Å²) < 4.78 is 5.66. The van der Waals surface area contributed by atoms with Gasteiger partial charge in [0, 0.05) is 6.20 Å². The van der Waals surface area contributed by atoms with Gasteiger partial charge in [-0.15, -0.1) is 0 Å². The molecule has 0 saturated carbocycles. The smallest absolute Gasteiger partial charge is 0.145 e. The first-order valence-electron chi connectivity index (χ1n) is 5.13. The Bertz CT molecular complexity index is 390. The van der Waals surface area contributed by atoms with Gasteiger partial charge >= 0.3 is 0 Å². The Hall–Kier alpha value is -1.57. The van der Waals surface area contributed by atoms with Gasteiger partial charge in [-0.25, -0.2) is 0 Å². The molecule has 0 N–H and O–H groups in total. The summed E-state index contributed by atoms with van der Waals surface area (Å²) in [6.07, 6.45) is 10.8. The van der Waals surface area contributed by atoms with Gasteiger partial charge in [-0.3, -0.25) is 4.98 Å². The summed E-state index contributed by atoms with van der Waals surface area (Å²) in [6.45, 7) is 4.42. The van der Waals surface area contributed by atoms with Crippen LogP contribution in [-0.4, -0.2) is 4.98 Å². The normalized spacial score (nSPS) is 18.4. The van der Waals surface area contributed by atoms with Crippen molar-refractivity contribution in [3.05, 3.63) is 48.5 Å². The molecule has 0 spiro atoms. The van der Waals surface area contributed by atoms with Crippen LogP contribution in [0.3, 0.4) is 0 Å². The summed E-state index contributed by atoms with van der Waals surface area (Å²) in [5.74, 6) is 1.69. The molecule has 0 unspecified atom stereocenters. The molecular weight excluding hydrogens is 186 g/mol. The largest absolute Gasteiger partial charge is 0.456 e. The van der Waals surface area contributed by atoms with E-state index in [1.807, 2.05) is 18.2 Å². The molecule has 0 atom stereocenters. The molecule has 0 saturated heterocycles. The van der Waals surface area contributed by atoms with Gasteiger partial charge < -0.3 is 4.74 Å². The highest BCUT2D eigenvalue weighted by molar-refractivity contribution is 5.27. The van der Waals surface area contributed by atoms with Crippen LogP contribution >= 0.6 is 0 Å². The number of hydrogen-bond donors (Lipinski definition) is 0. The maximum atomic E-state index is 5.66. The van der Waals surface area contributed by atoms with E-state index in [2.05, 4.69) is 31.0 Å². The molecule has 2 rings (SSSR count). The molecule has 1 aliphatic rings. The molecule has 0 fully saturated rings. The predicted octanol–water partition coefficient (Wildman–Crippen LogP) is 3.33. The Labute approximate surface area is 90.3 Å². The summed E-state index contributed by atoms with van der Waals surface area (Å²) in [5.41, 5.74) is 0.252. The van der Waals surface area contributed by atoms with Crippen LogP contribution in [0.5, 0.6) is 5.75 Å². The van der Waals surface area contributed by atoms with E-state index in [1.165, 1.54) is 0 Å². The Morgan fingerprint density at radius 1 is 1.40 bits per heavy atom. The number of rotatable bonds is 2. The van der Waals surface area contributed by atoms with Crippen molar-refractivity contribution in [2.45, 2.75) is 20.3 Å². The Morgan fingerprint density at radius 2 is 2.27 bits per heavy atom. The van der Waals surface area contributed by atoms with Crippen molar-refractivity contribution < 1.29 is 4.74 Å². The maximum absolute atomic E-state index is 5.66. The number of nitrogens with zero attached hydrogens (tertiary/aromatic N) is 1. The summed E-state index contributed by atoms with van der Waals surface area (Å²) in [4.78, 5) is 4.00. The van der Waals surface area contributed by atoms with Crippen molar-refractivity contribution in [2.75, 3.05) is 0 Å². The van der Waals surface area contributed by atoms with Crippen molar-refractivity contribution >= 4 is 0 Å². The number of ether oxygens (including phenoxy) is 1. The minimum absolute atomic E-state index is 0.252. The van der Waals surface area contributed by atoms with Crippen molar-refractivity contribution in [2.24, 2.45) is 5.41 Å². The Balaban J connectivity index is 2.04. The van der Waals surface area contributed by atoms with E-state index in [0.717, 1.165) is 17.9 Å². The highest BCUT2D eigenvalue weighted by atomic mass is 16.5. The first-order chi connectivity index (χ1) is 7.16. The zero-order chi connectivity index (χ0) is 10.7. The van der Waals surface area contributed by atoms with Crippen LogP contribution in [0.1, 0.15) is 20.3 Å². The highest BCUT2D eigenvalue weighted by Crippen LogP contribution is 2.28. The second-order valence-electron chi connectivity index (χ2n) is 4.42. The number of hydrogen-bond acceptors (Lipinski definition) is 2. The van der Waals surface area contributed by atoms with Crippen molar-refractivity contribution in [1.29, 1.82) is 0 Å². The monoisotopic (exact) mass is 201 g/mol. The van der Waals surface area contributed by atoms with Crippen LogP contribution in [0.2, 0.25) is 0 Å². The summed E-state index contributed by atoms with van der Waals surface area (Å²) in [7, 11) is 0. The fourth-order valence-corrected chi connectivity index (χ4v) is 1.43. The molecule has 1 aromatic rings. The van der Waals surface area contributed by atoms with E-state index in [-0.39, 0.29) is 5.41 Å². The lowest BCUT2D eigenvalue weighted by molar-refractivity contribution is 0.409. The lowest BCUT2D eigenvalue weighted by Crippen LogP contribution is -2.10. The molecule has 78 valence electrons. The molecule has 2 nitrogen and oxygen atoms in total. The number of pyridine rings is 1.